The fourth-order valence-corrected chi connectivity index (χ4v) is 6.16. The maximum absolute atomic E-state index is 12.7. The van der Waals surface area contributed by atoms with Crippen LogP contribution in [0.3, 0.4) is 0 Å². The van der Waals surface area contributed by atoms with E-state index >= 15 is 0 Å². The van der Waals surface area contributed by atoms with Gasteiger partial charge >= 0.3 is 6.03 Å². The van der Waals surface area contributed by atoms with Crippen LogP contribution in [0, 0.1) is 0 Å². The van der Waals surface area contributed by atoms with Crippen LogP contribution in [0.2, 0.25) is 0 Å². The van der Waals surface area contributed by atoms with Gasteiger partial charge in [0.2, 0.25) is 0 Å². The van der Waals surface area contributed by atoms with Gasteiger partial charge in [0.05, 0.1) is 19.1 Å². The predicted molar refractivity (Wildman–Crippen MR) is 132 cm³/mol. The maximum Gasteiger partial charge on any atom is 0.319 e. The largest absolute Gasteiger partial charge is 0.493 e. The SMILES string of the molecule is COc1ccc([C@@]23CC[C@H](NC(=O)Nc4ccc(S(C)(=O)=O)cc4)C[C@H]2N(C)CC3)cc1OC. The van der Waals surface area contributed by atoms with E-state index in [4.69, 9.17) is 9.47 Å². The Morgan fingerprint density at radius 1 is 1.06 bits per heavy atom. The Bertz CT molecular complexity index is 1150. The van der Waals surface area contributed by atoms with Crippen molar-refractivity contribution in [3.05, 3.63) is 48.0 Å². The second-order valence-corrected chi connectivity index (χ2v) is 11.4. The molecule has 0 bridgehead atoms. The molecule has 1 saturated heterocycles. The van der Waals surface area contributed by atoms with Gasteiger partial charge in [-0.1, -0.05) is 6.07 Å². The summed E-state index contributed by atoms with van der Waals surface area (Å²) in [5, 5.41) is 5.93. The van der Waals surface area contributed by atoms with Gasteiger partial charge in [-0.25, -0.2) is 13.2 Å². The van der Waals surface area contributed by atoms with Crippen LogP contribution in [0.1, 0.15) is 31.2 Å². The average Bonchev–Trinajstić information content (AvgIpc) is 3.15. The Hall–Kier alpha value is -2.78. The molecule has 0 spiro atoms. The topological polar surface area (TPSA) is 97.0 Å². The molecule has 3 atom stereocenters. The number of fused-ring (bicyclic) bond motifs is 1. The first-order chi connectivity index (χ1) is 16.2. The van der Waals surface area contributed by atoms with E-state index in [9.17, 15) is 13.2 Å². The molecule has 2 amide bonds. The highest BCUT2D eigenvalue weighted by molar-refractivity contribution is 7.90. The van der Waals surface area contributed by atoms with Crippen molar-refractivity contribution in [2.45, 2.75) is 48.1 Å². The zero-order chi connectivity index (χ0) is 24.5. The van der Waals surface area contributed by atoms with Gasteiger partial charge in [0.15, 0.2) is 21.3 Å². The first-order valence-corrected chi connectivity index (χ1v) is 13.4. The minimum Gasteiger partial charge on any atom is -0.493 e. The van der Waals surface area contributed by atoms with Crippen molar-refractivity contribution >= 4 is 21.6 Å². The molecule has 2 fully saturated rings. The maximum atomic E-state index is 12.7. The second-order valence-electron chi connectivity index (χ2n) is 9.34. The number of benzene rings is 2. The normalized spacial score (nSPS) is 24.8. The summed E-state index contributed by atoms with van der Waals surface area (Å²) in [6, 6.07) is 12.5. The Morgan fingerprint density at radius 3 is 2.41 bits per heavy atom. The van der Waals surface area contributed by atoms with Crippen molar-refractivity contribution in [1.29, 1.82) is 0 Å². The lowest BCUT2D eigenvalue weighted by Crippen LogP contribution is -2.52. The number of carbonyl (C=O) groups is 1. The van der Waals surface area contributed by atoms with E-state index in [1.807, 2.05) is 6.07 Å². The predicted octanol–water partition coefficient (Wildman–Crippen LogP) is 3.42. The number of hydrogen-bond donors (Lipinski definition) is 2. The minimum atomic E-state index is -3.27. The van der Waals surface area contributed by atoms with E-state index in [2.05, 4.69) is 34.7 Å². The molecule has 2 aliphatic rings. The zero-order valence-electron chi connectivity index (χ0n) is 20.1. The summed E-state index contributed by atoms with van der Waals surface area (Å²) in [6.45, 7) is 1.00. The van der Waals surface area contributed by atoms with Crippen LogP contribution < -0.4 is 20.1 Å². The van der Waals surface area contributed by atoms with E-state index in [1.165, 1.54) is 17.7 Å². The van der Waals surface area contributed by atoms with E-state index in [0.29, 0.717) is 11.7 Å². The number of sulfone groups is 1. The van der Waals surface area contributed by atoms with E-state index in [-0.39, 0.29) is 22.4 Å². The van der Waals surface area contributed by atoms with Crippen LogP contribution in [-0.2, 0) is 15.3 Å². The number of hydrogen-bond acceptors (Lipinski definition) is 6. The Morgan fingerprint density at radius 2 is 1.76 bits per heavy atom. The highest BCUT2D eigenvalue weighted by Crippen LogP contribution is 2.49. The molecule has 34 heavy (non-hydrogen) atoms. The molecule has 2 N–H and O–H groups in total. The van der Waals surface area contributed by atoms with Crippen molar-refractivity contribution in [3.8, 4) is 11.5 Å². The third-order valence-corrected chi connectivity index (χ3v) is 8.49. The molecule has 2 aromatic rings. The number of likely N-dealkylation sites (N-methyl/N-ethyl adjacent to an activating group) is 1. The van der Waals surface area contributed by atoms with Gasteiger partial charge in [-0.15, -0.1) is 0 Å². The van der Waals surface area contributed by atoms with Crippen LogP contribution >= 0.6 is 0 Å². The quantitative estimate of drug-likeness (QED) is 0.648. The lowest BCUT2D eigenvalue weighted by atomic mass is 9.65. The number of amides is 2. The van der Waals surface area contributed by atoms with Crippen molar-refractivity contribution < 1.29 is 22.7 Å². The molecular formula is C25H33N3O5S. The number of methoxy groups -OCH3 is 2. The number of anilines is 1. The molecule has 4 rings (SSSR count). The lowest BCUT2D eigenvalue weighted by Gasteiger charge is -2.45. The highest BCUT2D eigenvalue weighted by Gasteiger charge is 2.50. The molecule has 0 unspecified atom stereocenters. The molecule has 9 heteroatoms. The van der Waals surface area contributed by atoms with Crippen LogP contribution in [-0.4, -0.2) is 65.5 Å². The van der Waals surface area contributed by atoms with Gasteiger partial charge in [0, 0.05) is 29.4 Å². The van der Waals surface area contributed by atoms with Crippen molar-refractivity contribution in [2.24, 2.45) is 0 Å². The number of rotatable bonds is 6. The first-order valence-electron chi connectivity index (χ1n) is 11.5. The fourth-order valence-electron chi connectivity index (χ4n) is 5.53. The third kappa shape index (κ3) is 4.72. The van der Waals surface area contributed by atoms with Crippen LogP contribution in [0.25, 0.3) is 0 Å². The van der Waals surface area contributed by atoms with E-state index < -0.39 is 9.84 Å². The Kier molecular flexibility index (Phi) is 6.78. The number of nitrogens with one attached hydrogen (secondary N) is 2. The summed E-state index contributed by atoms with van der Waals surface area (Å²) >= 11 is 0. The van der Waals surface area contributed by atoms with Gasteiger partial charge in [-0.2, -0.15) is 0 Å². The number of likely N-dealkylation sites (tertiary alicyclic amines) is 1. The Labute approximate surface area is 201 Å². The molecule has 184 valence electrons. The summed E-state index contributed by atoms with van der Waals surface area (Å²) in [5.41, 5.74) is 1.83. The van der Waals surface area contributed by atoms with Gasteiger partial charge in [0.25, 0.3) is 0 Å². The number of ether oxygens (including phenoxy) is 2. The van der Waals surface area contributed by atoms with Gasteiger partial charge in [0.1, 0.15) is 0 Å². The van der Waals surface area contributed by atoms with Gasteiger partial charge in [-0.05, 0) is 81.2 Å². The summed E-state index contributed by atoms with van der Waals surface area (Å²) in [4.78, 5) is 15.3. The molecule has 0 aromatic heterocycles. The second kappa shape index (κ2) is 9.46. The minimum absolute atomic E-state index is 0.0183. The molecule has 1 aliphatic heterocycles. The summed E-state index contributed by atoms with van der Waals surface area (Å²) in [6.07, 6.45) is 4.92. The van der Waals surface area contributed by atoms with Crippen LogP contribution in [0.4, 0.5) is 10.5 Å². The highest BCUT2D eigenvalue weighted by atomic mass is 32.2. The van der Waals surface area contributed by atoms with Crippen molar-refractivity contribution in [2.75, 3.05) is 39.4 Å². The van der Waals surface area contributed by atoms with Gasteiger partial charge < -0.3 is 25.0 Å². The van der Waals surface area contributed by atoms with Crippen molar-refractivity contribution in [3.63, 3.8) is 0 Å². The van der Waals surface area contributed by atoms with Crippen molar-refractivity contribution in [1.82, 2.24) is 10.2 Å². The van der Waals surface area contributed by atoms with E-state index in [0.717, 1.165) is 50.0 Å². The van der Waals surface area contributed by atoms with Crippen LogP contribution in [0.15, 0.2) is 47.4 Å². The average molecular weight is 488 g/mol. The molecule has 8 nitrogen and oxygen atoms in total. The smallest absolute Gasteiger partial charge is 0.319 e. The molecule has 1 saturated carbocycles. The fraction of sp³-hybridized carbons (Fsp3) is 0.480. The number of urea groups is 1. The summed E-state index contributed by atoms with van der Waals surface area (Å²) in [7, 11) is 2.18. The summed E-state index contributed by atoms with van der Waals surface area (Å²) < 4.78 is 34.2. The molecule has 2 aromatic carbocycles. The first kappa shape index (κ1) is 24.3. The van der Waals surface area contributed by atoms with E-state index in [1.54, 1.807) is 26.4 Å². The molecule has 0 radical (unpaired) electrons. The van der Waals surface area contributed by atoms with Crippen LogP contribution in [0.5, 0.6) is 11.5 Å². The number of nitrogens with zero attached hydrogens (tertiary/aromatic N) is 1. The Balaban J connectivity index is 1.44. The molecule has 1 heterocycles. The molecular weight excluding hydrogens is 454 g/mol. The number of carbonyl (C=O) groups excluding carboxylic acids is 1. The third-order valence-electron chi connectivity index (χ3n) is 7.36. The van der Waals surface area contributed by atoms with Gasteiger partial charge in [-0.3, -0.25) is 0 Å². The summed E-state index contributed by atoms with van der Waals surface area (Å²) in [5.74, 6) is 1.46. The standard InChI is InChI=1S/C25H33N3O5S/c1-28-14-13-25(17-5-10-21(32-2)22(15-17)33-3)12-11-19(16-23(25)28)27-24(29)26-18-6-8-20(9-7-18)34(4,30)31/h5-10,15,19,23H,11-14,16H2,1-4H3,(H2,26,27,29)/t19-,23+,25-/m0/s1. The molecule has 1 aliphatic carbocycles. The lowest BCUT2D eigenvalue weighted by molar-refractivity contribution is 0.156. The monoisotopic (exact) mass is 487 g/mol. The zero-order valence-corrected chi connectivity index (χ0v) is 20.9.